The first kappa shape index (κ1) is 21.5. The molecule has 166 valence electrons. The van der Waals surface area contributed by atoms with Crippen molar-refractivity contribution in [1.82, 2.24) is 10.2 Å². The zero-order chi connectivity index (χ0) is 22.7. The molecule has 2 unspecified atom stereocenters. The number of ether oxygens (including phenoxy) is 1. The summed E-state index contributed by atoms with van der Waals surface area (Å²) in [5.41, 5.74) is 2.11. The van der Waals surface area contributed by atoms with Crippen LogP contribution in [0.5, 0.6) is 0 Å². The molecule has 2 aromatic rings. The summed E-state index contributed by atoms with van der Waals surface area (Å²) in [6.07, 6.45) is -0.0460. The van der Waals surface area contributed by atoms with Crippen molar-refractivity contribution in [3.63, 3.8) is 0 Å². The predicted octanol–water partition coefficient (Wildman–Crippen LogP) is 1.86. The molecule has 4 rings (SSSR count). The Morgan fingerprint density at radius 1 is 1.12 bits per heavy atom. The molecule has 2 heterocycles. The van der Waals surface area contributed by atoms with Gasteiger partial charge in [-0.15, -0.1) is 0 Å². The van der Waals surface area contributed by atoms with Gasteiger partial charge >= 0.3 is 0 Å². The number of imide groups is 1. The summed E-state index contributed by atoms with van der Waals surface area (Å²) < 4.78 is 5.47. The Hall–Kier alpha value is -3.72. The lowest BCUT2D eigenvalue weighted by atomic mass is 9.99. The first-order valence-corrected chi connectivity index (χ1v) is 10.4. The van der Waals surface area contributed by atoms with Crippen molar-refractivity contribution in [3.8, 4) is 0 Å². The smallest absolute Gasteiger partial charge is 0.260 e. The zero-order valence-electron chi connectivity index (χ0n) is 17.6. The maximum Gasteiger partial charge on any atom is 0.260 e. The number of anilines is 2. The van der Waals surface area contributed by atoms with Crippen molar-refractivity contribution < 1.29 is 23.9 Å². The molecule has 1 saturated heterocycles. The van der Waals surface area contributed by atoms with Crippen LogP contribution in [-0.4, -0.2) is 47.3 Å². The Balaban J connectivity index is 1.47. The van der Waals surface area contributed by atoms with Gasteiger partial charge in [0, 0.05) is 6.42 Å². The van der Waals surface area contributed by atoms with Crippen LogP contribution in [0, 0.1) is 0 Å². The van der Waals surface area contributed by atoms with Gasteiger partial charge in [0.25, 0.3) is 5.91 Å². The molecule has 2 aliphatic rings. The molecule has 9 nitrogen and oxygen atoms in total. The average Bonchev–Trinajstić information content (AvgIpc) is 2.76. The Labute approximate surface area is 185 Å². The molecule has 0 aromatic heterocycles. The second kappa shape index (κ2) is 9.19. The van der Waals surface area contributed by atoms with Gasteiger partial charge in [0.2, 0.25) is 17.7 Å². The van der Waals surface area contributed by atoms with Crippen LogP contribution in [0.4, 0.5) is 11.4 Å². The number of carbonyl (C=O) groups is 4. The summed E-state index contributed by atoms with van der Waals surface area (Å²) in [4.78, 5) is 51.1. The molecule has 32 heavy (non-hydrogen) atoms. The monoisotopic (exact) mass is 436 g/mol. The van der Waals surface area contributed by atoms with Crippen molar-refractivity contribution >= 4 is 35.0 Å². The Kier molecular flexibility index (Phi) is 6.18. The molecular formula is C23H24N4O5. The van der Waals surface area contributed by atoms with Gasteiger partial charge in [-0.1, -0.05) is 36.4 Å². The summed E-state index contributed by atoms with van der Waals surface area (Å²) in [7, 11) is 0. The van der Waals surface area contributed by atoms with Crippen LogP contribution in [0.3, 0.4) is 0 Å². The SMILES string of the molecule is CC1Nc2cccc(NC(=O)COCc3ccccc3)c2C(=O)N1C1CCC(=O)NC1=O. The van der Waals surface area contributed by atoms with Crippen molar-refractivity contribution in [1.29, 1.82) is 0 Å². The number of hydrogen-bond donors (Lipinski definition) is 3. The van der Waals surface area contributed by atoms with E-state index in [9.17, 15) is 19.2 Å². The molecule has 0 saturated carbocycles. The van der Waals surface area contributed by atoms with Gasteiger partial charge in [-0.05, 0) is 31.0 Å². The topological polar surface area (TPSA) is 117 Å². The van der Waals surface area contributed by atoms with E-state index >= 15 is 0 Å². The van der Waals surface area contributed by atoms with E-state index in [1.807, 2.05) is 30.3 Å². The summed E-state index contributed by atoms with van der Waals surface area (Å²) in [6, 6.07) is 13.8. The standard InChI is InChI=1S/C23H24N4O5/c1-14-24-16-8-5-9-17(25-20(29)13-32-12-15-6-3-2-4-7-15)21(16)23(31)27(14)18-10-11-19(28)26-22(18)30/h2-9,14,18,24H,10-13H2,1H3,(H,25,29)(H,26,28,30). The van der Waals surface area contributed by atoms with E-state index in [2.05, 4.69) is 16.0 Å². The molecule has 3 N–H and O–H groups in total. The van der Waals surface area contributed by atoms with E-state index < -0.39 is 24.0 Å². The first-order chi connectivity index (χ1) is 15.4. The molecule has 9 heteroatoms. The van der Waals surface area contributed by atoms with E-state index in [4.69, 9.17) is 4.74 Å². The number of amides is 4. The molecule has 1 fully saturated rings. The fourth-order valence-corrected chi connectivity index (χ4v) is 3.99. The first-order valence-electron chi connectivity index (χ1n) is 10.4. The van der Waals surface area contributed by atoms with Crippen LogP contribution in [-0.2, 0) is 25.7 Å². The van der Waals surface area contributed by atoms with E-state index in [1.165, 1.54) is 4.90 Å². The number of fused-ring (bicyclic) bond motifs is 1. The second-order valence-corrected chi connectivity index (χ2v) is 7.75. The van der Waals surface area contributed by atoms with Crippen LogP contribution in [0.25, 0.3) is 0 Å². The minimum Gasteiger partial charge on any atom is -0.367 e. The van der Waals surface area contributed by atoms with E-state index in [1.54, 1.807) is 25.1 Å². The van der Waals surface area contributed by atoms with Gasteiger partial charge in [-0.2, -0.15) is 0 Å². The fraction of sp³-hybridized carbons (Fsp3) is 0.304. The third-order valence-electron chi connectivity index (χ3n) is 5.46. The normalized spacial score (nSPS) is 20.3. The maximum absolute atomic E-state index is 13.4. The van der Waals surface area contributed by atoms with Gasteiger partial charge in [0.1, 0.15) is 12.6 Å². The number of carbonyl (C=O) groups excluding carboxylic acids is 4. The third-order valence-corrected chi connectivity index (χ3v) is 5.46. The van der Waals surface area contributed by atoms with Crippen molar-refractivity contribution in [2.24, 2.45) is 0 Å². The van der Waals surface area contributed by atoms with Gasteiger partial charge in [0.15, 0.2) is 0 Å². The number of nitrogens with zero attached hydrogens (tertiary/aromatic N) is 1. The minimum absolute atomic E-state index is 0.164. The highest BCUT2D eigenvalue weighted by Crippen LogP contribution is 2.33. The van der Waals surface area contributed by atoms with Crippen molar-refractivity contribution in [3.05, 3.63) is 59.7 Å². The van der Waals surface area contributed by atoms with E-state index in [-0.39, 0.29) is 36.8 Å². The number of piperidine rings is 1. The van der Waals surface area contributed by atoms with Gasteiger partial charge in [-0.25, -0.2) is 0 Å². The molecule has 2 aliphatic heterocycles. The highest BCUT2D eigenvalue weighted by atomic mass is 16.5. The average molecular weight is 436 g/mol. The van der Waals surface area contributed by atoms with Crippen LogP contribution in [0.15, 0.2) is 48.5 Å². The predicted molar refractivity (Wildman–Crippen MR) is 117 cm³/mol. The summed E-state index contributed by atoms with van der Waals surface area (Å²) >= 11 is 0. The summed E-state index contributed by atoms with van der Waals surface area (Å²) in [5, 5.41) is 8.23. The summed E-state index contributed by atoms with van der Waals surface area (Å²) in [6.45, 7) is 1.89. The number of nitrogens with one attached hydrogen (secondary N) is 3. The highest BCUT2D eigenvalue weighted by molar-refractivity contribution is 6.11. The molecule has 0 spiro atoms. The summed E-state index contributed by atoms with van der Waals surface area (Å²) in [5.74, 6) is -1.63. The lowest BCUT2D eigenvalue weighted by molar-refractivity contribution is -0.137. The van der Waals surface area contributed by atoms with Gasteiger partial charge < -0.3 is 20.3 Å². The molecule has 2 atom stereocenters. The zero-order valence-corrected chi connectivity index (χ0v) is 17.6. The number of benzene rings is 2. The second-order valence-electron chi connectivity index (χ2n) is 7.75. The van der Waals surface area contributed by atoms with Crippen LogP contribution in [0.2, 0.25) is 0 Å². The fourth-order valence-electron chi connectivity index (χ4n) is 3.99. The molecular weight excluding hydrogens is 412 g/mol. The lowest BCUT2D eigenvalue weighted by Gasteiger charge is -2.41. The Morgan fingerprint density at radius 3 is 2.66 bits per heavy atom. The van der Waals surface area contributed by atoms with E-state index in [0.29, 0.717) is 18.0 Å². The highest BCUT2D eigenvalue weighted by Gasteiger charge is 2.41. The number of hydrogen-bond acceptors (Lipinski definition) is 6. The third kappa shape index (κ3) is 4.47. The lowest BCUT2D eigenvalue weighted by Crippen LogP contribution is -2.60. The number of rotatable bonds is 6. The maximum atomic E-state index is 13.4. The molecule has 4 amide bonds. The van der Waals surface area contributed by atoms with E-state index in [0.717, 1.165) is 5.56 Å². The minimum atomic E-state index is -0.770. The Morgan fingerprint density at radius 2 is 1.91 bits per heavy atom. The van der Waals surface area contributed by atoms with Crippen LogP contribution >= 0.6 is 0 Å². The Bertz CT molecular complexity index is 1060. The van der Waals surface area contributed by atoms with Crippen LogP contribution in [0.1, 0.15) is 35.7 Å². The largest absolute Gasteiger partial charge is 0.367 e. The van der Waals surface area contributed by atoms with Crippen molar-refractivity contribution in [2.75, 3.05) is 17.2 Å². The quantitative estimate of drug-likeness (QED) is 0.595. The van der Waals surface area contributed by atoms with Gasteiger partial charge in [-0.3, -0.25) is 24.5 Å². The molecule has 0 bridgehead atoms. The molecule has 0 aliphatic carbocycles. The molecule has 0 radical (unpaired) electrons. The molecule has 2 aromatic carbocycles. The van der Waals surface area contributed by atoms with Gasteiger partial charge in [0.05, 0.1) is 29.7 Å². The van der Waals surface area contributed by atoms with Crippen molar-refractivity contribution in [2.45, 2.75) is 38.6 Å². The van der Waals surface area contributed by atoms with Crippen LogP contribution < -0.4 is 16.0 Å².